The topological polar surface area (TPSA) is 32.7 Å². The van der Waals surface area contributed by atoms with Crippen molar-refractivity contribution in [3.05, 3.63) is 37.1 Å². The van der Waals surface area contributed by atoms with Crippen LogP contribution in [0.5, 0.6) is 0 Å². The molecule has 0 aliphatic rings. The monoisotopic (exact) mass is 304 g/mol. The molecule has 76 valence electrons. The van der Waals surface area contributed by atoms with Crippen molar-refractivity contribution in [2.45, 2.75) is 13.8 Å². The van der Waals surface area contributed by atoms with Crippen LogP contribution in [-0.2, 0) is 4.79 Å². The number of amides is 1. The van der Waals surface area contributed by atoms with Gasteiger partial charge in [-0.15, -0.1) is 0 Å². The molecule has 0 atom stereocenters. The van der Waals surface area contributed by atoms with Crippen LogP contribution >= 0.6 is 22.9 Å². The number of carbonyl (C=O) groups is 1. The van der Waals surface area contributed by atoms with Gasteiger partial charge in [0.2, 0.25) is 5.91 Å². The van der Waals surface area contributed by atoms with E-state index in [1.807, 2.05) is 29.8 Å². The molecule has 0 radical (unpaired) electrons. The SMILES string of the molecule is C=CN=C(/C=C(/C)C=C)N(I)C(C)=O. The first-order valence-corrected chi connectivity index (χ1v) is 4.95. The number of aliphatic imine (C=N–C) groups is 1. The number of hydrogen-bond donors (Lipinski definition) is 0. The molecule has 3 nitrogen and oxygen atoms in total. The van der Waals surface area contributed by atoms with Crippen molar-refractivity contribution in [2.75, 3.05) is 0 Å². The summed E-state index contributed by atoms with van der Waals surface area (Å²) in [7, 11) is 0. The van der Waals surface area contributed by atoms with Gasteiger partial charge in [0.05, 0.1) is 22.9 Å². The number of amidine groups is 1. The fourth-order valence-electron chi connectivity index (χ4n) is 0.662. The quantitative estimate of drug-likeness (QED) is 0.259. The van der Waals surface area contributed by atoms with E-state index in [-0.39, 0.29) is 5.91 Å². The summed E-state index contributed by atoms with van der Waals surface area (Å²) in [5, 5.41) is 0. The van der Waals surface area contributed by atoms with Crippen LogP contribution in [0.15, 0.2) is 42.1 Å². The van der Waals surface area contributed by atoms with Crippen molar-refractivity contribution >= 4 is 34.6 Å². The minimum atomic E-state index is -0.0840. The van der Waals surface area contributed by atoms with Gasteiger partial charge in [-0.2, -0.15) is 0 Å². The predicted octanol–water partition coefficient (Wildman–Crippen LogP) is 2.86. The van der Waals surface area contributed by atoms with Gasteiger partial charge in [-0.05, 0) is 18.6 Å². The Hall–Kier alpha value is -0.910. The second kappa shape index (κ2) is 6.53. The number of rotatable bonds is 3. The molecular formula is C10H13IN2O. The molecule has 0 heterocycles. The molecule has 0 fully saturated rings. The first kappa shape index (κ1) is 13.1. The molecule has 0 aromatic rings. The van der Waals surface area contributed by atoms with Crippen molar-refractivity contribution in [2.24, 2.45) is 4.99 Å². The minimum Gasteiger partial charge on any atom is -0.274 e. The normalized spacial score (nSPS) is 12.2. The second-order valence-electron chi connectivity index (χ2n) is 2.56. The standard InChI is InChI=1S/C10H13IN2O/c1-5-8(3)7-10(12-6-2)13(11)9(4)14/h5-7H,1-2H2,3-4H3/b8-7-,12-10?. The lowest BCUT2D eigenvalue weighted by atomic mass is 10.2. The van der Waals surface area contributed by atoms with Crippen LogP contribution < -0.4 is 0 Å². The van der Waals surface area contributed by atoms with Crippen LogP contribution in [0.2, 0.25) is 0 Å². The molecule has 4 heteroatoms. The van der Waals surface area contributed by atoms with Gasteiger partial charge >= 0.3 is 0 Å². The van der Waals surface area contributed by atoms with Crippen molar-refractivity contribution < 1.29 is 4.79 Å². The van der Waals surface area contributed by atoms with E-state index in [1.54, 1.807) is 12.2 Å². The number of nitrogens with zero attached hydrogens (tertiary/aromatic N) is 2. The Bertz CT molecular complexity index is 305. The molecule has 0 aromatic heterocycles. The third-order valence-electron chi connectivity index (χ3n) is 1.38. The fourth-order valence-corrected chi connectivity index (χ4v) is 0.926. The van der Waals surface area contributed by atoms with E-state index < -0.39 is 0 Å². The Morgan fingerprint density at radius 2 is 2.00 bits per heavy atom. The molecule has 0 unspecified atom stereocenters. The third-order valence-corrected chi connectivity index (χ3v) is 2.55. The summed E-state index contributed by atoms with van der Waals surface area (Å²) in [5.74, 6) is 0.463. The Morgan fingerprint density at radius 1 is 1.43 bits per heavy atom. The summed E-state index contributed by atoms with van der Waals surface area (Å²) in [6, 6.07) is 0. The Labute approximate surface area is 98.4 Å². The molecule has 0 spiro atoms. The van der Waals surface area contributed by atoms with Crippen LogP contribution in [0.4, 0.5) is 0 Å². The maximum atomic E-state index is 11.1. The lowest BCUT2D eigenvalue weighted by Gasteiger charge is -2.11. The van der Waals surface area contributed by atoms with E-state index in [2.05, 4.69) is 18.2 Å². The van der Waals surface area contributed by atoms with E-state index >= 15 is 0 Å². The smallest absolute Gasteiger partial charge is 0.233 e. The summed E-state index contributed by atoms with van der Waals surface area (Å²) in [5.41, 5.74) is 0.938. The van der Waals surface area contributed by atoms with Gasteiger partial charge in [-0.25, -0.2) is 8.11 Å². The van der Waals surface area contributed by atoms with Crippen molar-refractivity contribution in [3.63, 3.8) is 0 Å². The number of hydrogen-bond acceptors (Lipinski definition) is 2. The van der Waals surface area contributed by atoms with Gasteiger partial charge < -0.3 is 0 Å². The molecule has 0 saturated carbocycles. The zero-order chi connectivity index (χ0) is 11.1. The van der Waals surface area contributed by atoms with Crippen molar-refractivity contribution in [3.8, 4) is 0 Å². The molecule has 0 saturated heterocycles. The van der Waals surface area contributed by atoms with Crippen molar-refractivity contribution in [1.82, 2.24) is 3.11 Å². The highest BCUT2D eigenvalue weighted by Crippen LogP contribution is 2.06. The number of halogens is 1. The molecule has 1 amide bonds. The van der Waals surface area contributed by atoms with E-state index in [9.17, 15) is 4.79 Å². The fraction of sp³-hybridized carbons (Fsp3) is 0.200. The first-order chi connectivity index (χ1) is 6.52. The van der Waals surface area contributed by atoms with Crippen molar-refractivity contribution in [1.29, 1.82) is 0 Å². The van der Waals surface area contributed by atoms with E-state index in [0.29, 0.717) is 5.84 Å². The number of allylic oxidation sites excluding steroid dienone is 2. The highest BCUT2D eigenvalue weighted by molar-refractivity contribution is 14.1. The average Bonchev–Trinajstić information content (AvgIpc) is 2.15. The van der Waals surface area contributed by atoms with Crippen LogP contribution in [0, 0.1) is 0 Å². The average molecular weight is 304 g/mol. The largest absolute Gasteiger partial charge is 0.274 e. The zero-order valence-electron chi connectivity index (χ0n) is 8.33. The van der Waals surface area contributed by atoms with Gasteiger partial charge in [0, 0.05) is 13.1 Å². The summed E-state index contributed by atoms with van der Waals surface area (Å²) >= 11 is 1.89. The molecule has 0 aromatic carbocycles. The lowest BCUT2D eigenvalue weighted by Crippen LogP contribution is -2.23. The van der Waals surface area contributed by atoms with E-state index in [1.165, 1.54) is 16.2 Å². The lowest BCUT2D eigenvalue weighted by molar-refractivity contribution is -0.120. The summed E-state index contributed by atoms with van der Waals surface area (Å²) in [4.78, 5) is 15.1. The molecule has 0 aliphatic heterocycles. The Morgan fingerprint density at radius 3 is 2.36 bits per heavy atom. The molecular weight excluding hydrogens is 291 g/mol. The minimum absolute atomic E-state index is 0.0840. The molecule has 14 heavy (non-hydrogen) atoms. The van der Waals surface area contributed by atoms with Gasteiger partial charge in [-0.3, -0.25) is 4.79 Å². The summed E-state index contributed by atoms with van der Waals surface area (Å²) < 4.78 is 1.42. The maximum absolute atomic E-state index is 11.1. The van der Waals surface area contributed by atoms with Gasteiger partial charge in [0.25, 0.3) is 0 Å². The predicted molar refractivity (Wildman–Crippen MR) is 68.1 cm³/mol. The Kier molecular flexibility index (Phi) is 6.11. The molecule has 0 N–H and O–H groups in total. The molecule has 0 aliphatic carbocycles. The third kappa shape index (κ3) is 4.36. The van der Waals surface area contributed by atoms with Crippen LogP contribution in [0.25, 0.3) is 0 Å². The summed E-state index contributed by atoms with van der Waals surface area (Å²) in [6.07, 6.45) is 4.86. The first-order valence-electron chi connectivity index (χ1n) is 3.98. The Balaban J connectivity index is 4.97. The molecule has 0 bridgehead atoms. The second-order valence-corrected chi connectivity index (χ2v) is 3.53. The highest BCUT2D eigenvalue weighted by atomic mass is 127. The number of carbonyl (C=O) groups excluding carboxylic acids is 1. The van der Waals surface area contributed by atoms with Gasteiger partial charge in [-0.1, -0.05) is 19.2 Å². The van der Waals surface area contributed by atoms with Crippen LogP contribution in [0.3, 0.4) is 0 Å². The van der Waals surface area contributed by atoms with E-state index in [4.69, 9.17) is 0 Å². The van der Waals surface area contributed by atoms with E-state index in [0.717, 1.165) is 5.57 Å². The summed E-state index contributed by atoms with van der Waals surface area (Å²) in [6.45, 7) is 10.5. The zero-order valence-corrected chi connectivity index (χ0v) is 10.5. The van der Waals surface area contributed by atoms with Crippen LogP contribution in [-0.4, -0.2) is 14.9 Å². The molecule has 0 rings (SSSR count). The maximum Gasteiger partial charge on any atom is 0.233 e. The van der Waals surface area contributed by atoms with Gasteiger partial charge in [0.1, 0.15) is 5.84 Å². The van der Waals surface area contributed by atoms with Gasteiger partial charge in [0.15, 0.2) is 0 Å². The van der Waals surface area contributed by atoms with Crippen LogP contribution in [0.1, 0.15) is 13.8 Å². The highest BCUT2D eigenvalue weighted by Gasteiger charge is 2.09.